The first-order valence-corrected chi connectivity index (χ1v) is 6.35. The second-order valence-electron chi connectivity index (χ2n) is 4.28. The van der Waals surface area contributed by atoms with Crippen LogP contribution in [0, 0.1) is 0 Å². The van der Waals surface area contributed by atoms with Gasteiger partial charge >= 0.3 is 12.5 Å². The van der Waals surface area contributed by atoms with Crippen molar-refractivity contribution in [3.8, 4) is 11.5 Å². The van der Waals surface area contributed by atoms with Crippen LogP contribution in [-0.4, -0.2) is 19.6 Å². The van der Waals surface area contributed by atoms with Crippen molar-refractivity contribution in [2.45, 2.75) is 12.5 Å². The number of hydrogen-bond donors (Lipinski definition) is 2. The van der Waals surface area contributed by atoms with Crippen molar-refractivity contribution in [1.82, 2.24) is 0 Å². The van der Waals surface area contributed by atoms with Gasteiger partial charge in [-0.2, -0.15) is 17.6 Å². The van der Waals surface area contributed by atoms with Crippen LogP contribution in [0.25, 0.3) is 0 Å². The number of ether oxygens (including phenoxy) is 2. The van der Waals surface area contributed by atoms with Crippen molar-refractivity contribution in [1.29, 1.82) is 0 Å². The molecule has 0 aliphatic heterocycles. The zero-order valence-electron chi connectivity index (χ0n) is 12.2. The summed E-state index contributed by atoms with van der Waals surface area (Å²) in [6, 6.07) is 12.5. The molecule has 0 heterocycles. The Labute approximate surface area is 130 Å². The zero-order chi connectivity index (χ0) is 17.5. The van der Waals surface area contributed by atoms with Gasteiger partial charge in [0.1, 0.15) is 11.5 Å². The minimum Gasteiger partial charge on any atom is -0.497 e. The monoisotopic (exact) mass is 332 g/mol. The van der Waals surface area contributed by atoms with Crippen LogP contribution >= 0.6 is 0 Å². The summed E-state index contributed by atoms with van der Waals surface area (Å²) in [6.07, 6.45) is -8.41. The maximum absolute atomic E-state index is 12.4. The van der Waals surface area contributed by atoms with Crippen LogP contribution in [0.5, 0.6) is 11.5 Å². The summed E-state index contributed by atoms with van der Waals surface area (Å²) >= 11 is 0. The third-order valence-electron chi connectivity index (χ3n) is 2.51. The lowest BCUT2D eigenvalue weighted by Gasteiger charge is -2.17. The molecule has 0 radical (unpaired) electrons. The molecule has 0 aromatic heterocycles. The molecule has 8 heteroatoms. The first kappa shape index (κ1) is 18.4. The van der Waals surface area contributed by atoms with Gasteiger partial charge in [-0.3, -0.25) is 0 Å². The van der Waals surface area contributed by atoms with Gasteiger partial charge in [-0.05, 0) is 24.3 Å². The molecule has 0 saturated carbocycles. The summed E-state index contributed by atoms with van der Waals surface area (Å²) in [5.41, 5.74) is 11.3. The molecule has 2 aromatic rings. The van der Waals surface area contributed by atoms with Crippen molar-refractivity contribution in [3.05, 3.63) is 48.5 Å². The quantitative estimate of drug-likeness (QED) is 0.660. The number of rotatable bonds is 4. The summed E-state index contributed by atoms with van der Waals surface area (Å²) in [7, 11) is 1.62. The molecule has 4 nitrogen and oxygen atoms in total. The highest BCUT2D eigenvalue weighted by molar-refractivity contribution is 5.51. The molecule has 0 atom stereocenters. The fraction of sp³-hybridized carbons (Fsp3) is 0.200. The first-order chi connectivity index (χ1) is 10.8. The lowest BCUT2D eigenvalue weighted by Crippen LogP contribution is -2.33. The number of hydrogen-bond acceptors (Lipinski definition) is 4. The van der Waals surface area contributed by atoms with Gasteiger partial charge in [0.15, 0.2) is 0 Å². The van der Waals surface area contributed by atoms with Crippen LogP contribution in [0.3, 0.4) is 0 Å². The van der Waals surface area contributed by atoms with Crippen LogP contribution in [0.15, 0.2) is 48.5 Å². The molecule has 2 aromatic carbocycles. The van der Waals surface area contributed by atoms with Crippen LogP contribution in [0.4, 0.5) is 28.9 Å². The van der Waals surface area contributed by atoms with Gasteiger partial charge in [-0.1, -0.05) is 18.2 Å². The van der Waals surface area contributed by atoms with E-state index >= 15 is 0 Å². The molecular formula is C15H16F4N2O2. The molecule has 0 amide bonds. The highest BCUT2D eigenvalue weighted by Gasteiger charge is 2.44. The molecule has 0 aliphatic carbocycles. The Morgan fingerprint density at radius 3 is 2.13 bits per heavy atom. The third kappa shape index (κ3) is 5.93. The van der Waals surface area contributed by atoms with Gasteiger partial charge in [0.25, 0.3) is 0 Å². The van der Waals surface area contributed by atoms with Crippen molar-refractivity contribution < 1.29 is 27.0 Å². The molecule has 2 rings (SSSR count). The standard InChI is InChI=1S/C8H7F4NO.C7H9NO/c9-7(10)8(11,12)14-6-4-2-1-3-5(6)13;1-9-7-4-2-3-6(8)5-7/h1-4,7H,13H2;2-5H,8H2,1H3. The number of benzene rings is 2. The number of alkyl halides is 4. The predicted molar refractivity (Wildman–Crippen MR) is 79.8 cm³/mol. The summed E-state index contributed by atoms with van der Waals surface area (Å²) in [4.78, 5) is 0. The van der Waals surface area contributed by atoms with Crippen molar-refractivity contribution >= 4 is 11.4 Å². The summed E-state index contributed by atoms with van der Waals surface area (Å²) in [5, 5.41) is 0. The highest BCUT2D eigenvalue weighted by atomic mass is 19.3. The van der Waals surface area contributed by atoms with E-state index in [-0.39, 0.29) is 5.69 Å². The minimum absolute atomic E-state index is 0.118. The van der Waals surface area contributed by atoms with E-state index in [0.29, 0.717) is 0 Å². The second kappa shape index (κ2) is 8.11. The van der Waals surface area contributed by atoms with Crippen molar-refractivity contribution in [3.63, 3.8) is 0 Å². The molecule has 0 saturated heterocycles. The SMILES string of the molecule is COc1cccc(N)c1.Nc1ccccc1OC(F)(F)C(F)F. The first-order valence-electron chi connectivity index (χ1n) is 6.35. The largest absolute Gasteiger partial charge is 0.497 e. The lowest BCUT2D eigenvalue weighted by molar-refractivity contribution is -0.252. The zero-order valence-corrected chi connectivity index (χ0v) is 12.2. The Hall–Kier alpha value is -2.64. The van der Waals surface area contributed by atoms with Crippen LogP contribution in [0.1, 0.15) is 0 Å². The predicted octanol–water partition coefficient (Wildman–Crippen LogP) is 3.78. The molecule has 0 bridgehead atoms. The van der Waals surface area contributed by atoms with Gasteiger partial charge in [0, 0.05) is 11.8 Å². The van der Waals surface area contributed by atoms with E-state index in [0.717, 1.165) is 17.5 Å². The summed E-state index contributed by atoms with van der Waals surface area (Å²) < 4.78 is 56.9. The van der Waals surface area contributed by atoms with E-state index in [9.17, 15) is 17.6 Å². The van der Waals surface area contributed by atoms with Crippen LogP contribution < -0.4 is 20.9 Å². The van der Waals surface area contributed by atoms with Crippen molar-refractivity contribution in [2.75, 3.05) is 18.6 Å². The van der Waals surface area contributed by atoms with Crippen LogP contribution in [-0.2, 0) is 0 Å². The van der Waals surface area contributed by atoms with Crippen LogP contribution in [0.2, 0.25) is 0 Å². The fourth-order valence-corrected chi connectivity index (χ4v) is 1.41. The smallest absolute Gasteiger partial charge is 0.461 e. The summed E-state index contributed by atoms with van der Waals surface area (Å²) in [6.45, 7) is 0. The topological polar surface area (TPSA) is 70.5 Å². The number of nitrogen functional groups attached to an aromatic ring is 2. The number of para-hydroxylation sites is 2. The normalized spacial score (nSPS) is 10.7. The van der Waals surface area contributed by atoms with E-state index in [1.54, 1.807) is 13.2 Å². The number of halogens is 4. The molecule has 4 N–H and O–H groups in total. The van der Waals surface area contributed by atoms with E-state index in [1.807, 2.05) is 18.2 Å². The molecule has 0 spiro atoms. The van der Waals surface area contributed by atoms with Gasteiger partial charge in [-0.25, -0.2) is 0 Å². The average molecular weight is 332 g/mol. The number of nitrogens with two attached hydrogens (primary N) is 2. The molecule has 126 valence electrons. The molecule has 0 unspecified atom stereocenters. The average Bonchev–Trinajstić information content (AvgIpc) is 2.50. The second-order valence-corrected chi connectivity index (χ2v) is 4.28. The maximum Gasteiger partial charge on any atom is 0.461 e. The Morgan fingerprint density at radius 2 is 1.65 bits per heavy atom. The molecular weight excluding hydrogens is 316 g/mol. The molecule has 0 fully saturated rings. The van der Waals surface area contributed by atoms with Gasteiger partial charge in [-0.15, -0.1) is 0 Å². The minimum atomic E-state index is -4.52. The Morgan fingerprint density at radius 1 is 1.00 bits per heavy atom. The Bertz CT molecular complexity index is 624. The van der Waals surface area contributed by atoms with E-state index in [2.05, 4.69) is 4.74 Å². The summed E-state index contributed by atoms with van der Waals surface area (Å²) in [5.74, 6) is 0.341. The molecule has 23 heavy (non-hydrogen) atoms. The van der Waals surface area contributed by atoms with E-state index in [4.69, 9.17) is 16.2 Å². The maximum atomic E-state index is 12.4. The Balaban J connectivity index is 0.000000253. The van der Waals surface area contributed by atoms with Gasteiger partial charge in [0.2, 0.25) is 0 Å². The third-order valence-corrected chi connectivity index (χ3v) is 2.51. The fourth-order valence-electron chi connectivity index (χ4n) is 1.41. The van der Waals surface area contributed by atoms with Crippen molar-refractivity contribution in [2.24, 2.45) is 0 Å². The molecule has 0 aliphatic rings. The van der Waals surface area contributed by atoms with Gasteiger partial charge in [0.05, 0.1) is 12.8 Å². The Kier molecular flexibility index (Phi) is 6.49. The van der Waals surface area contributed by atoms with E-state index < -0.39 is 18.3 Å². The number of methoxy groups -OCH3 is 1. The number of anilines is 2. The highest BCUT2D eigenvalue weighted by Crippen LogP contribution is 2.30. The van der Waals surface area contributed by atoms with E-state index in [1.165, 1.54) is 18.2 Å². The van der Waals surface area contributed by atoms with Gasteiger partial charge < -0.3 is 20.9 Å². The lowest BCUT2D eigenvalue weighted by atomic mass is 10.3.